The first-order valence-corrected chi connectivity index (χ1v) is 10.2. The molecule has 0 bridgehead atoms. The molecular weight excluding hydrogens is 370 g/mol. The molecule has 28 heavy (non-hydrogen) atoms. The smallest absolute Gasteiger partial charge is 0.258 e. The molecule has 0 unspecified atom stereocenters. The Morgan fingerprint density at radius 1 is 1.14 bits per heavy atom. The van der Waals surface area contributed by atoms with Crippen molar-refractivity contribution in [3.05, 3.63) is 70.7 Å². The van der Waals surface area contributed by atoms with E-state index in [0.717, 1.165) is 22.7 Å². The number of anilines is 1. The van der Waals surface area contributed by atoms with E-state index in [1.54, 1.807) is 18.3 Å². The summed E-state index contributed by atoms with van der Waals surface area (Å²) in [6.45, 7) is 10.3. The zero-order valence-electron chi connectivity index (χ0n) is 16.9. The second-order valence-electron chi connectivity index (χ2n) is 7.73. The lowest BCUT2D eigenvalue weighted by molar-refractivity contribution is 0.102. The summed E-state index contributed by atoms with van der Waals surface area (Å²) in [7, 11) is 0. The Kier molecular flexibility index (Phi) is 5.89. The molecule has 1 N–H and O–H groups in total. The molecule has 2 heterocycles. The monoisotopic (exact) mass is 395 g/mol. The van der Waals surface area contributed by atoms with Crippen molar-refractivity contribution in [1.82, 2.24) is 10.1 Å². The Bertz CT molecular complexity index is 953. The molecule has 0 spiro atoms. The number of thioether (sulfide) groups is 1. The molecule has 0 saturated carbocycles. The maximum Gasteiger partial charge on any atom is 0.258 e. The number of hydrogen-bond acceptors (Lipinski definition) is 5. The third-order valence-corrected chi connectivity index (χ3v) is 5.59. The van der Waals surface area contributed by atoms with Gasteiger partial charge in [-0.05, 0) is 49.1 Å². The minimum atomic E-state index is -0.169. The van der Waals surface area contributed by atoms with Crippen molar-refractivity contribution in [2.45, 2.75) is 50.8 Å². The molecular formula is C22H25N3O2S. The van der Waals surface area contributed by atoms with E-state index < -0.39 is 0 Å². The van der Waals surface area contributed by atoms with E-state index >= 15 is 0 Å². The Balaban J connectivity index is 1.74. The van der Waals surface area contributed by atoms with E-state index in [1.807, 2.05) is 38.1 Å². The van der Waals surface area contributed by atoms with Gasteiger partial charge in [0, 0.05) is 23.2 Å². The Morgan fingerprint density at radius 3 is 2.46 bits per heavy atom. The summed E-state index contributed by atoms with van der Waals surface area (Å²) in [6, 6.07) is 11.5. The fourth-order valence-electron chi connectivity index (χ4n) is 2.78. The third-order valence-electron chi connectivity index (χ3n) is 4.56. The molecule has 3 aromatic rings. The Morgan fingerprint density at radius 2 is 1.86 bits per heavy atom. The predicted octanol–water partition coefficient (Wildman–Crippen LogP) is 5.53. The number of aromatic nitrogens is 2. The van der Waals surface area contributed by atoms with Crippen LogP contribution in [-0.4, -0.2) is 16.0 Å². The van der Waals surface area contributed by atoms with E-state index in [2.05, 4.69) is 36.2 Å². The quantitative estimate of drug-likeness (QED) is 0.575. The predicted molar refractivity (Wildman–Crippen MR) is 113 cm³/mol. The van der Waals surface area contributed by atoms with Crippen LogP contribution in [0.4, 0.5) is 5.69 Å². The number of carbonyl (C=O) groups is 1. The highest BCUT2D eigenvalue weighted by molar-refractivity contribution is 7.98. The largest absolute Gasteiger partial charge is 0.361 e. The second-order valence-corrected chi connectivity index (χ2v) is 8.69. The molecule has 0 aliphatic carbocycles. The summed E-state index contributed by atoms with van der Waals surface area (Å²) >= 11 is 1.51. The SMILES string of the molecule is Cc1noc(C)c1CSc1ncccc1C(=O)Nc1ccc(C(C)(C)C)cc1. The van der Waals surface area contributed by atoms with E-state index in [9.17, 15) is 4.79 Å². The molecule has 0 aliphatic heterocycles. The van der Waals surface area contributed by atoms with Crippen LogP contribution in [0.3, 0.4) is 0 Å². The van der Waals surface area contributed by atoms with Gasteiger partial charge >= 0.3 is 0 Å². The Labute approximate surface area is 169 Å². The summed E-state index contributed by atoms with van der Waals surface area (Å²) < 4.78 is 5.21. The van der Waals surface area contributed by atoms with Gasteiger partial charge in [0.15, 0.2) is 0 Å². The molecule has 0 atom stereocenters. The molecule has 1 aromatic carbocycles. The average molecular weight is 396 g/mol. The highest BCUT2D eigenvalue weighted by Gasteiger charge is 2.17. The minimum Gasteiger partial charge on any atom is -0.361 e. The number of nitrogens with one attached hydrogen (secondary N) is 1. The molecule has 6 heteroatoms. The molecule has 2 aromatic heterocycles. The van der Waals surface area contributed by atoms with Gasteiger partial charge in [-0.2, -0.15) is 0 Å². The lowest BCUT2D eigenvalue weighted by Crippen LogP contribution is -2.14. The molecule has 5 nitrogen and oxygen atoms in total. The van der Waals surface area contributed by atoms with Crippen LogP contribution in [0.5, 0.6) is 0 Å². The standard InChI is InChI=1S/C22H25N3O2S/c1-14-19(15(2)27-25-14)13-28-21-18(7-6-12-23-21)20(26)24-17-10-8-16(9-11-17)22(3,4)5/h6-12H,13H2,1-5H3,(H,24,26). The number of pyridine rings is 1. The number of rotatable bonds is 5. The first kappa shape index (κ1) is 20.1. The van der Waals surface area contributed by atoms with E-state index in [-0.39, 0.29) is 11.3 Å². The average Bonchev–Trinajstić information content (AvgIpc) is 2.98. The van der Waals surface area contributed by atoms with Crippen molar-refractivity contribution >= 4 is 23.4 Å². The van der Waals surface area contributed by atoms with Crippen molar-refractivity contribution in [3.63, 3.8) is 0 Å². The molecule has 0 saturated heterocycles. The van der Waals surface area contributed by atoms with E-state index in [4.69, 9.17) is 4.52 Å². The zero-order chi connectivity index (χ0) is 20.3. The topological polar surface area (TPSA) is 68.0 Å². The number of carbonyl (C=O) groups excluding carboxylic acids is 1. The van der Waals surface area contributed by atoms with Crippen molar-refractivity contribution in [2.75, 3.05) is 5.32 Å². The second kappa shape index (κ2) is 8.19. The van der Waals surface area contributed by atoms with Crippen LogP contribution in [-0.2, 0) is 11.2 Å². The summed E-state index contributed by atoms with van der Waals surface area (Å²) in [6.07, 6.45) is 1.70. The van der Waals surface area contributed by atoms with Gasteiger partial charge in [0.25, 0.3) is 5.91 Å². The van der Waals surface area contributed by atoms with Crippen LogP contribution in [0.2, 0.25) is 0 Å². The number of amides is 1. The lowest BCUT2D eigenvalue weighted by Gasteiger charge is -2.19. The third kappa shape index (κ3) is 4.62. The van der Waals surface area contributed by atoms with Gasteiger partial charge in [0.1, 0.15) is 10.8 Å². The number of benzene rings is 1. The highest BCUT2D eigenvalue weighted by atomic mass is 32.2. The summed E-state index contributed by atoms with van der Waals surface area (Å²) in [4.78, 5) is 17.2. The van der Waals surface area contributed by atoms with Gasteiger partial charge in [-0.3, -0.25) is 4.79 Å². The van der Waals surface area contributed by atoms with Gasteiger partial charge in [0.05, 0.1) is 11.3 Å². The van der Waals surface area contributed by atoms with Crippen LogP contribution in [0.15, 0.2) is 52.1 Å². The van der Waals surface area contributed by atoms with Gasteiger partial charge < -0.3 is 9.84 Å². The Hall–Kier alpha value is -2.60. The molecule has 0 fully saturated rings. The maximum atomic E-state index is 12.8. The molecule has 1 amide bonds. The van der Waals surface area contributed by atoms with Gasteiger partial charge in [0.2, 0.25) is 0 Å². The fourth-order valence-corrected chi connectivity index (χ4v) is 3.92. The number of nitrogens with zero attached hydrogens (tertiary/aromatic N) is 2. The maximum absolute atomic E-state index is 12.8. The first-order valence-electron chi connectivity index (χ1n) is 9.17. The van der Waals surface area contributed by atoms with Crippen molar-refractivity contribution in [2.24, 2.45) is 0 Å². The number of hydrogen-bond donors (Lipinski definition) is 1. The van der Waals surface area contributed by atoms with E-state index in [1.165, 1.54) is 17.3 Å². The van der Waals surface area contributed by atoms with Crippen molar-refractivity contribution in [1.29, 1.82) is 0 Å². The highest BCUT2D eigenvalue weighted by Crippen LogP contribution is 2.28. The first-order chi connectivity index (χ1) is 13.3. The van der Waals surface area contributed by atoms with E-state index in [0.29, 0.717) is 16.3 Å². The zero-order valence-corrected chi connectivity index (χ0v) is 17.7. The van der Waals surface area contributed by atoms with Gasteiger partial charge in [-0.25, -0.2) is 4.98 Å². The van der Waals surface area contributed by atoms with Crippen LogP contribution in [0.1, 0.15) is 53.7 Å². The summed E-state index contributed by atoms with van der Waals surface area (Å²) in [5, 5.41) is 7.63. The number of aryl methyl sites for hydroxylation is 2. The minimum absolute atomic E-state index is 0.0773. The van der Waals surface area contributed by atoms with Crippen LogP contribution >= 0.6 is 11.8 Å². The fraction of sp³-hybridized carbons (Fsp3) is 0.318. The molecule has 3 rings (SSSR count). The lowest BCUT2D eigenvalue weighted by atomic mass is 9.87. The molecule has 146 valence electrons. The summed E-state index contributed by atoms with van der Waals surface area (Å²) in [5.74, 6) is 1.28. The summed E-state index contributed by atoms with van der Waals surface area (Å²) in [5.41, 5.74) is 4.53. The van der Waals surface area contributed by atoms with Crippen LogP contribution in [0, 0.1) is 13.8 Å². The molecule has 0 radical (unpaired) electrons. The normalized spacial score (nSPS) is 11.5. The van der Waals surface area contributed by atoms with Gasteiger partial charge in [-0.1, -0.05) is 38.1 Å². The van der Waals surface area contributed by atoms with Crippen molar-refractivity contribution in [3.8, 4) is 0 Å². The van der Waals surface area contributed by atoms with Crippen LogP contribution < -0.4 is 5.32 Å². The van der Waals surface area contributed by atoms with Crippen LogP contribution in [0.25, 0.3) is 0 Å². The van der Waals surface area contributed by atoms with Gasteiger partial charge in [-0.15, -0.1) is 11.8 Å². The van der Waals surface area contributed by atoms with Crippen molar-refractivity contribution < 1.29 is 9.32 Å². The molecule has 0 aliphatic rings.